The van der Waals surface area contributed by atoms with Crippen LogP contribution in [-0.4, -0.2) is 38.3 Å². The lowest BCUT2D eigenvalue weighted by Gasteiger charge is -2.46. The summed E-state index contributed by atoms with van der Waals surface area (Å²) in [4.78, 5) is 2.60. The summed E-state index contributed by atoms with van der Waals surface area (Å²) in [5.74, 6) is 2.02. The van der Waals surface area contributed by atoms with Crippen molar-refractivity contribution in [1.82, 2.24) is 4.90 Å². The molecule has 3 atom stereocenters. The molecule has 2 aromatic carbocycles. The zero-order valence-corrected chi connectivity index (χ0v) is 17.1. The minimum absolute atomic E-state index is 0. The molecule has 4 rings (SSSR count). The van der Waals surface area contributed by atoms with E-state index < -0.39 is 0 Å². The number of hydrogen-bond acceptors (Lipinski definition) is 4. The molecule has 0 spiro atoms. The number of hydrogen-bond donors (Lipinski definition) is 1. The number of piperidine rings is 1. The van der Waals surface area contributed by atoms with Crippen LogP contribution in [0.3, 0.4) is 0 Å². The summed E-state index contributed by atoms with van der Waals surface area (Å²) >= 11 is 0. The summed E-state index contributed by atoms with van der Waals surface area (Å²) < 4.78 is 11.0. The largest absolute Gasteiger partial charge is 0.493 e. The number of rotatable bonds is 3. The topological polar surface area (TPSA) is 47.7 Å². The van der Waals surface area contributed by atoms with Gasteiger partial charge in [0.25, 0.3) is 0 Å². The lowest BCUT2D eigenvalue weighted by Crippen LogP contribution is -2.49. The van der Waals surface area contributed by atoms with Gasteiger partial charge in [0.2, 0.25) is 0 Å². The van der Waals surface area contributed by atoms with Crippen LogP contribution in [0.15, 0.2) is 36.4 Å². The zero-order chi connectivity index (χ0) is 18.3. The molecular weight excluding hydrogens is 360 g/mol. The predicted molar refractivity (Wildman–Crippen MR) is 111 cm³/mol. The lowest BCUT2D eigenvalue weighted by molar-refractivity contribution is 0.109. The van der Waals surface area contributed by atoms with E-state index in [1.54, 1.807) is 14.2 Å². The minimum Gasteiger partial charge on any atom is -0.493 e. The molecule has 4 nitrogen and oxygen atoms in total. The van der Waals surface area contributed by atoms with E-state index in [2.05, 4.69) is 48.2 Å². The van der Waals surface area contributed by atoms with Crippen molar-refractivity contribution < 1.29 is 9.47 Å². The summed E-state index contributed by atoms with van der Waals surface area (Å²) in [6, 6.07) is 13.6. The van der Waals surface area contributed by atoms with Crippen molar-refractivity contribution in [3.05, 3.63) is 58.7 Å². The summed E-state index contributed by atoms with van der Waals surface area (Å²) in [6.07, 6.45) is 2.02. The molecule has 2 aliphatic heterocycles. The van der Waals surface area contributed by atoms with E-state index in [0.29, 0.717) is 12.0 Å². The van der Waals surface area contributed by atoms with Gasteiger partial charge in [-0.1, -0.05) is 29.8 Å². The monoisotopic (exact) mass is 388 g/mol. The fraction of sp³-hybridized carbons (Fsp3) is 0.455. The van der Waals surface area contributed by atoms with E-state index in [9.17, 15) is 0 Å². The highest BCUT2D eigenvalue weighted by atomic mass is 35.5. The van der Waals surface area contributed by atoms with Crippen LogP contribution in [0.5, 0.6) is 11.5 Å². The predicted octanol–water partition coefficient (Wildman–Crippen LogP) is 3.85. The number of halogens is 1. The first kappa shape index (κ1) is 20.0. The fourth-order valence-electron chi connectivity index (χ4n) is 4.64. The van der Waals surface area contributed by atoms with Gasteiger partial charge in [-0.2, -0.15) is 0 Å². The van der Waals surface area contributed by atoms with Crippen molar-refractivity contribution in [2.75, 3.05) is 27.3 Å². The average Bonchev–Trinajstić information content (AvgIpc) is 2.66. The van der Waals surface area contributed by atoms with Gasteiger partial charge in [-0.3, -0.25) is 4.90 Å². The molecule has 0 aromatic heterocycles. The molecule has 27 heavy (non-hydrogen) atoms. The Morgan fingerprint density at radius 3 is 2.52 bits per heavy atom. The molecule has 2 heterocycles. The highest BCUT2D eigenvalue weighted by Crippen LogP contribution is 2.44. The van der Waals surface area contributed by atoms with E-state index in [1.165, 1.54) is 22.3 Å². The second-order valence-electron chi connectivity index (χ2n) is 7.59. The van der Waals surface area contributed by atoms with Crippen molar-refractivity contribution >= 4 is 12.4 Å². The molecule has 5 heteroatoms. The Morgan fingerprint density at radius 1 is 1.07 bits per heavy atom. The molecular formula is C22H29ClN2O2. The number of fused-ring (bicyclic) bond motifs is 3. The van der Waals surface area contributed by atoms with Crippen LogP contribution in [0.2, 0.25) is 0 Å². The van der Waals surface area contributed by atoms with Gasteiger partial charge in [-0.15, -0.1) is 12.4 Å². The van der Waals surface area contributed by atoms with Crippen molar-refractivity contribution in [2.24, 2.45) is 5.73 Å². The Balaban J connectivity index is 0.00000210. The quantitative estimate of drug-likeness (QED) is 0.867. The SMILES string of the molecule is COc1cc2c(cc1OC)C1CC(N)[C@@H](c3cccc(C)c3)CN1CC2.Cl. The van der Waals surface area contributed by atoms with Gasteiger partial charge in [-0.25, -0.2) is 0 Å². The molecule has 1 fully saturated rings. The van der Waals surface area contributed by atoms with Gasteiger partial charge in [0.05, 0.1) is 14.2 Å². The lowest BCUT2D eigenvalue weighted by atomic mass is 9.78. The normalized spacial score (nSPS) is 24.4. The van der Waals surface area contributed by atoms with Gasteiger partial charge in [0.1, 0.15) is 0 Å². The van der Waals surface area contributed by atoms with E-state index in [-0.39, 0.29) is 18.4 Å². The van der Waals surface area contributed by atoms with E-state index in [1.807, 2.05) is 0 Å². The zero-order valence-electron chi connectivity index (χ0n) is 16.3. The smallest absolute Gasteiger partial charge is 0.161 e. The van der Waals surface area contributed by atoms with E-state index >= 15 is 0 Å². The van der Waals surface area contributed by atoms with Crippen molar-refractivity contribution in [1.29, 1.82) is 0 Å². The van der Waals surface area contributed by atoms with Crippen LogP contribution in [0.25, 0.3) is 0 Å². The van der Waals surface area contributed by atoms with Crippen LogP contribution in [0, 0.1) is 6.92 Å². The molecule has 1 saturated heterocycles. The van der Waals surface area contributed by atoms with E-state index in [4.69, 9.17) is 15.2 Å². The summed E-state index contributed by atoms with van der Waals surface area (Å²) in [6.45, 7) is 4.24. The molecule has 2 aliphatic rings. The van der Waals surface area contributed by atoms with Gasteiger partial charge >= 0.3 is 0 Å². The third-order valence-corrected chi connectivity index (χ3v) is 6.03. The van der Waals surface area contributed by atoms with Gasteiger partial charge in [0, 0.05) is 31.1 Å². The Hall–Kier alpha value is -1.75. The highest BCUT2D eigenvalue weighted by Gasteiger charge is 2.38. The summed E-state index contributed by atoms with van der Waals surface area (Å²) in [5.41, 5.74) is 12.1. The van der Waals surface area contributed by atoms with Crippen molar-refractivity contribution in [3.63, 3.8) is 0 Å². The molecule has 2 unspecified atom stereocenters. The Labute approximate surface area is 168 Å². The molecule has 0 aliphatic carbocycles. The van der Waals surface area contributed by atoms with Crippen molar-refractivity contribution in [2.45, 2.75) is 37.8 Å². The fourth-order valence-corrected chi connectivity index (χ4v) is 4.64. The first-order valence-corrected chi connectivity index (χ1v) is 9.41. The van der Waals surface area contributed by atoms with Crippen LogP contribution in [-0.2, 0) is 6.42 Å². The molecule has 0 amide bonds. The maximum absolute atomic E-state index is 6.67. The second kappa shape index (κ2) is 8.09. The maximum atomic E-state index is 6.67. The molecule has 0 radical (unpaired) electrons. The first-order valence-electron chi connectivity index (χ1n) is 9.41. The highest BCUT2D eigenvalue weighted by molar-refractivity contribution is 5.85. The number of methoxy groups -OCH3 is 2. The Morgan fingerprint density at radius 2 is 1.81 bits per heavy atom. The third-order valence-electron chi connectivity index (χ3n) is 6.03. The second-order valence-corrected chi connectivity index (χ2v) is 7.59. The van der Waals surface area contributed by atoms with E-state index in [0.717, 1.165) is 37.4 Å². The minimum atomic E-state index is 0. The number of nitrogens with zero attached hydrogens (tertiary/aromatic N) is 1. The molecule has 2 N–H and O–H groups in total. The Kier molecular flexibility index (Phi) is 5.99. The van der Waals surface area contributed by atoms with Crippen LogP contribution >= 0.6 is 12.4 Å². The Bertz CT molecular complexity index is 811. The molecule has 2 aromatic rings. The third kappa shape index (κ3) is 3.66. The molecule has 146 valence electrons. The number of benzene rings is 2. The maximum Gasteiger partial charge on any atom is 0.161 e. The van der Waals surface area contributed by atoms with Gasteiger partial charge in [-0.05, 0) is 48.6 Å². The summed E-state index contributed by atoms with van der Waals surface area (Å²) in [5, 5.41) is 0. The van der Waals surface area contributed by atoms with Gasteiger partial charge < -0.3 is 15.2 Å². The van der Waals surface area contributed by atoms with Crippen LogP contribution < -0.4 is 15.2 Å². The number of ether oxygens (including phenoxy) is 2. The number of aryl methyl sites for hydroxylation is 1. The van der Waals surface area contributed by atoms with Crippen molar-refractivity contribution in [3.8, 4) is 11.5 Å². The summed E-state index contributed by atoms with van der Waals surface area (Å²) in [7, 11) is 3.40. The molecule has 0 saturated carbocycles. The van der Waals surface area contributed by atoms with Crippen LogP contribution in [0.1, 0.15) is 40.6 Å². The molecule has 0 bridgehead atoms. The number of nitrogens with two attached hydrogens (primary N) is 1. The van der Waals surface area contributed by atoms with Gasteiger partial charge in [0.15, 0.2) is 11.5 Å². The van der Waals surface area contributed by atoms with Crippen LogP contribution in [0.4, 0.5) is 0 Å². The standard InChI is InChI=1S/C22H28N2O2.ClH/c1-14-5-4-6-15(9-14)18-13-24-8-7-16-10-21(25-2)22(26-3)11-17(16)20(24)12-19(18)23;/h4-6,9-11,18-20H,7-8,12-13,23H2,1-3H3;1H/t18-,19?,20?;/m1./s1. The first-order chi connectivity index (χ1) is 12.6. The average molecular weight is 389 g/mol.